The third-order valence-corrected chi connectivity index (χ3v) is 5.29. The third-order valence-electron chi connectivity index (χ3n) is 5.29. The van der Waals surface area contributed by atoms with E-state index in [0.29, 0.717) is 6.42 Å². The highest BCUT2D eigenvalue weighted by atomic mass is 16.2. The number of piperazine rings is 1. The minimum absolute atomic E-state index is 0.0319. The molecule has 2 unspecified atom stereocenters. The number of carbonyl (C=O) groups excluding carboxylic acids is 2. The van der Waals surface area contributed by atoms with Crippen LogP contribution in [-0.4, -0.2) is 33.8 Å². The minimum Gasteiger partial charge on any atom is -0.340 e. The van der Waals surface area contributed by atoms with E-state index in [-0.39, 0.29) is 17.9 Å². The van der Waals surface area contributed by atoms with Gasteiger partial charge in [0.05, 0.1) is 0 Å². The maximum Gasteiger partial charge on any atom is 0.249 e. The van der Waals surface area contributed by atoms with Crippen LogP contribution in [0.3, 0.4) is 0 Å². The van der Waals surface area contributed by atoms with Gasteiger partial charge in [-0.15, -0.1) is 0 Å². The molecule has 1 saturated carbocycles. The summed E-state index contributed by atoms with van der Waals surface area (Å²) in [5, 5.41) is 3.08. The summed E-state index contributed by atoms with van der Waals surface area (Å²) in [6, 6.07) is 0.126. The van der Waals surface area contributed by atoms with E-state index >= 15 is 0 Å². The molecule has 4 heteroatoms. The fraction of sp³-hybridized carbons (Fsp3) is 0.875. The standard InChI is InChI=1S/C16H28N2O2/c1-5-9-12(3)18-14(20)16(10-7-8-11-16)17-13(19)15(18,4)6-2/h12H,5-11H2,1-4H3,(H,17,19). The van der Waals surface area contributed by atoms with Gasteiger partial charge in [-0.25, -0.2) is 0 Å². The number of nitrogens with zero attached hydrogens (tertiary/aromatic N) is 1. The Morgan fingerprint density at radius 2 is 1.85 bits per heavy atom. The van der Waals surface area contributed by atoms with Gasteiger partial charge in [-0.1, -0.05) is 33.1 Å². The zero-order chi connectivity index (χ0) is 15.0. The molecule has 0 aromatic rings. The van der Waals surface area contributed by atoms with Gasteiger partial charge in [0.15, 0.2) is 0 Å². The maximum absolute atomic E-state index is 13.1. The molecular formula is C16H28N2O2. The second-order valence-electron chi connectivity index (χ2n) is 6.68. The lowest BCUT2D eigenvalue weighted by Crippen LogP contribution is -2.75. The summed E-state index contributed by atoms with van der Waals surface area (Å²) in [5.74, 6) is 0.185. The fourth-order valence-electron chi connectivity index (χ4n) is 3.85. The van der Waals surface area contributed by atoms with Crippen molar-refractivity contribution in [3.8, 4) is 0 Å². The van der Waals surface area contributed by atoms with Crippen LogP contribution in [0.4, 0.5) is 0 Å². The molecule has 0 radical (unpaired) electrons. The highest BCUT2D eigenvalue weighted by Crippen LogP contribution is 2.39. The minimum atomic E-state index is -0.695. The first-order chi connectivity index (χ1) is 9.41. The van der Waals surface area contributed by atoms with Crippen molar-refractivity contribution in [1.82, 2.24) is 10.2 Å². The molecule has 20 heavy (non-hydrogen) atoms. The Hall–Kier alpha value is -1.06. The van der Waals surface area contributed by atoms with Crippen molar-refractivity contribution in [1.29, 1.82) is 0 Å². The number of rotatable bonds is 4. The predicted molar refractivity (Wildman–Crippen MR) is 79.3 cm³/mol. The van der Waals surface area contributed by atoms with Crippen molar-refractivity contribution in [3.63, 3.8) is 0 Å². The SMILES string of the molecule is CCCC(C)N1C(=O)C2(CCCC2)NC(=O)C1(C)CC. The number of hydrogen-bond acceptors (Lipinski definition) is 2. The van der Waals surface area contributed by atoms with Gasteiger partial charge in [0.25, 0.3) is 0 Å². The van der Waals surface area contributed by atoms with E-state index in [1.165, 1.54) is 0 Å². The molecule has 0 aromatic heterocycles. The Labute approximate surface area is 122 Å². The summed E-state index contributed by atoms with van der Waals surface area (Å²) in [6.45, 7) is 8.11. The van der Waals surface area contributed by atoms with Crippen LogP contribution >= 0.6 is 0 Å². The molecular weight excluding hydrogens is 252 g/mol. The summed E-state index contributed by atoms with van der Waals surface area (Å²) in [6.07, 6.45) is 6.30. The Bertz CT molecular complexity index is 401. The lowest BCUT2D eigenvalue weighted by Gasteiger charge is -2.52. The summed E-state index contributed by atoms with van der Waals surface area (Å²) in [7, 11) is 0. The zero-order valence-electron chi connectivity index (χ0n) is 13.3. The molecule has 2 aliphatic rings. The van der Waals surface area contributed by atoms with E-state index in [1.807, 2.05) is 18.7 Å². The van der Waals surface area contributed by atoms with E-state index in [9.17, 15) is 9.59 Å². The van der Waals surface area contributed by atoms with Gasteiger partial charge < -0.3 is 10.2 Å². The van der Waals surface area contributed by atoms with Crippen molar-refractivity contribution in [2.75, 3.05) is 0 Å². The Morgan fingerprint density at radius 1 is 1.25 bits per heavy atom. The van der Waals surface area contributed by atoms with Gasteiger partial charge in [0.2, 0.25) is 11.8 Å². The predicted octanol–water partition coefficient (Wildman–Crippen LogP) is 2.61. The van der Waals surface area contributed by atoms with E-state index in [1.54, 1.807) is 0 Å². The molecule has 1 N–H and O–H groups in total. The number of amides is 2. The monoisotopic (exact) mass is 280 g/mol. The Balaban J connectivity index is 2.39. The first kappa shape index (κ1) is 15.3. The van der Waals surface area contributed by atoms with Crippen molar-refractivity contribution >= 4 is 11.8 Å². The fourth-order valence-corrected chi connectivity index (χ4v) is 3.85. The molecule has 1 heterocycles. The molecule has 0 aromatic carbocycles. The average molecular weight is 280 g/mol. The van der Waals surface area contributed by atoms with Gasteiger partial charge >= 0.3 is 0 Å². The summed E-state index contributed by atoms with van der Waals surface area (Å²) < 4.78 is 0. The Kier molecular flexibility index (Phi) is 4.12. The average Bonchev–Trinajstić information content (AvgIpc) is 2.87. The molecule has 2 fully saturated rings. The molecule has 1 aliphatic heterocycles. The lowest BCUT2D eigenvalue weighted by atomic mass is 9.82. The first-order valence-corrected chi connectivity index (χ1v) is 8.07. The van der Waals surface area contributed by atoms with E-state index < -0.39 is 11.1 Å². The van der Waals surface area contributed by atoms with Crippen molar-refractivity contribution in [2.24, 2.45) is 0 Å². The quantitative estimate of drug-likeness (QED) is 0.860. The summed E-state index contributed by atoms with van der Waals surface area (Å²) >= 11 is 0. The van der Waals surface area contributed by atoms with Crippen LogP contribution in [-0.2, 0) is 9.59 Å². The topological polar surface area (TPSA) is 49.4 Å². The molecule has 2 atom stereocenters. The molecule has 114 valence electrons. The lowest BCUT2D eigenvalue weighted by molar-refractivity contribution is -0.165. The first-order valence-electron chi connectivity index (χ1n) is 8.07. The van der Waals surface area contributed by atoms with E-state index in [4.69, 9.17) is 0 Å². The highest BCUT2D eigenvalue weighted by Gasteiger charge is 2.57. The summed E-state index contributed by atoms with van der Waals surface area (Å²) in [4.78, 5) is 27.7. The summed E-state index contributed by atoms with van der Waals surface area (Å²) in [5.41, 5.74) is -1.30. The van der Waals surface area contributed by atoms with Crippen LogP contribution in [0, 0.1) is 0 Å². The molecule has 0 bridgehead atoms. The van der Waals surface area contributed by atoms with Crippen LogP contribution in [0.5, 0.6) is 0 Å². The molecule has 1 spiro atoms. The van der Waals surface area contributed by atoms with Gasteiger partial charge in [-0.05, 0) is 39.5 Å². The van der Waals surface area contributed by atoms with Crippen molar-refractivity contribution < 1.29 is 9.59 Å². The second-order valence-corrected chi connectivity index (χ2v) is 6.68. The molecule has 4 nitrogen and oxygen atoms in total. The van der Waals surface area contributed by atoms with E-state index in [2.05, 4.69) is 19.2 Å². The molecule has 2 rings (SSSR count). The molecule has 1 aliphatic carbocycles. The van der Waals surface area contributed by atoms with Gasteiger partial charge in [-0.3, -0.25) is 9.59 Å². The smallest absolute Gasteiger partial charge is 0.249 e. The molecule has 2 amide bonds. The van der Waals surface area contributed by atoms with Gasteiger partial charge in [0, 0.05) is 6.04 Å². The van der Waals surface area contributed by atoms with Crippen LogP contribution in [0.1, 0.15) is 72.6 Å². The van der Waals surface area contributed by atoms with Crippen LogP contribution in [0.15, 0.2) is 0 Å². The normalized spacial score (nSPS) is 30.7. The van der Waals surface area contributed by atoms with Crippen LogP contribution < -0.4 is 5.32 Å². The second kappa shape index (κ2) is 5.38. The molecule has 1 saturated heterocycles. The third kappa shape index (κ3) is 2.13. The van der Waals surface area contributed by atoms with Gasteiger partial charge in [-0.2, -0.15) is 0 Å². The van der Waals surface area contributed by atoms with Crippen LogP contribution in [0.2, 0.25) is 0 Å². The van der Waals surface area contributed by atoms with Crippen LogP contribution in [0.25, 0.3) is 0 Å². The number of nitrogens with one attached hydrogen (secondary N) is 1. The zero-order valence-corrected chi connectivity index (χ0v) is 13.3. The van der Waals surface area contributed by atoms with Crippen molar-refractivity contribution in [2.45, 2.75) is 89.8 Å². The van der Waals surface area contributed by atoms with Crippen molar-refractivity contribution in [3.05, 3.63) is 0 Å². The Morgan fingerprint density at radius 3 is 2.35 bits per heavy atom. The van der Waals surface area contributed by atoms with Gasteiger partial charge in [0.1, 0.15) is 11.1 Å². The highest BCUT2D eigenvalue weighted by molar-refractivity contribution is 6.02. The number of hydrogen-bond donors (Lipinski definition) is 1. The number of carbonyl (C=O) groups is 2. The van der Waals surface area contributed by atoms with E-state index in [0.717, 1.165) is 38.5 Å². The maximum atomic E-state index is 13.1. The largest absolute Gasteiger partial charge is 0.340 e.